The highest BCUT2D eigenvalue weighted by atomic mass is 35.5. The number of hydrogen-bond donors (Lipinski definition) is 3. The van der Waals surface area contributed by atoms with Gasteiger partial charge in [0.25, 0.3) is 0 Å². The predicted octanol–water partition coefficient (Wildman–Crippen LogP) is 6.63. The number of nitrogens with zero attached hydrogens (tertiary/aromatic N) is 2. The highest BCUT2D eigenvalue weighted by Gasteiger charge is 2.26. The summed E-state index contributed by atoms with van der Waals surface area (Å²) in [5, 5.41) is 7.76. The van der Waals surface area contributed by atoms with E-state index in [1.165, 1.54) is 0 Å². The molecule has 1 atom stereocenters. The van der Waals surface area contributed by atoms with E-state index in [4.69, 9.17) is 38.7 Å². The van der Waals surface area contributed by atoms with Crippen molar-refractivity contribution >= 4 is 40.8 Å². The zero-order valence-electron chi connectivity index (χ0n) is 21.8. The van der Waals surface area contributed by atoms with Crippen molar-refractivity contribution in [3.05, 3.63) is 69.8 Å². The third-order valence-corrected chi connectivity index (χ3v) is 7.36. The number of nitrogens with two attached hydrogens (primary N) is 1. The Hall–Kier alpha value is -2.87. The van der Waals surface area contributed by atoms with Gasteiger partial charge in [-0.3, -0.25) is 4.79 Å². The normalized spacial score (nSPS) is 14.6. The molecule has 0 bridgehead atoms. The molecule has 0 saturated heterocycles. The number of ether oxygens (including phenoxy) is 1. The van der Waals surface area contributed by atoms with Gasteiger partial charge >= 0.3 is 5.97 Å². The van der Waals surface area contributed by atoms with E-state index < -0.39 is 0 Å². The standard InChI is InChI=1S/C29H35Cl2N5O2/c1-18(2)13-25(29(37)38-21-9-3-4-10-21)33-15-19-7-5-8-20(14-19)26-17-34-27(32)28(36-26)35-16-22-23(30)11-6-12-24(22)31/h5-8,11-12,14,17-18,21,25,33H,3-4,9-10,13,15-16H2,1-2H3,(H2,32,34)(H,35,36). The molecule has 1 fully saturated rings. The van der Waals surface area contributed by atoms with Crippen molar-refractivity contribution in [3.8, 4) is 11.3 Å². The molecule has 1 saturated carbocycles. The molecule has 9 heteroatoms. The highest BCUT2D eigenvalue weighted by Crippen LogP contribution is 2.27. The van der Waals surface area contributed by atoms with E-state index in [-0.39, 0.29) is 23.9 Å². The largest absolute Gasteiger partial charge is 0.461 e. The van der Waals surface area contributed by atoms with Crippen LogP contribution >= 0.6 is 23.2 Å². The van der Waals surface area contributed by atoms with Crippen LogP contribution in [0.1, 0.15) is 57.1 Å². The van der Waals surface area contributed by atoms with Crippen LogP contribution in [0.4, 0.5) is 11.6 Å². The molecule has 2 aromatic carbocycles. The number of carbonyl (C=O) groups excluding carboxylic acids is 1. The van der Waals surface area contributed by atoms with Crippen LogP contribution in [0, 0.1) is 5.92 Å². The molecule has 0 radical (unpaired) electrons. The van der Waals surface area contributed by atoms with Crippen molar-refractivity contribution in [1.82, 2.24) is 15.3 Å². The molecule has 0 amide bonds. The molecule has 1 heterocycles. The summed E-state index contributed by atoms with van der Waals surface area (Å²) in [6, 6.07) is 13.0. The van der Waals surface area contributed by atoms with Gasteiger partial charge in [-0.2, -0.15) is 0 Å². The Morgan fingerprint density at radius 3 is 2.53 bits per heavy atom. The Bertz CT molecular complexity index is 1230. The molecule has 3 aromatic rings. The fourth-order valence-electron chi connectivity index (χ4n) is 4.61. The van der Waals surface area contributed by atoms with Gasteiger partial charge < -0.3 is 21.1 Å². The summed E-state index contributed by atoms with van der Waals surface area (Å²) in [7, 11) is 0. The van der Waals surface area contributed by atoms with Gasteiger partial charge in [-0.1, -0.05) is 61.3 Å². The summed E-state index contributed by atoms with van der Waals surface area (Å²) in [5.41, 5.74) is 9.45. The first-order chi connectivity index (χ1) is 18.3. The molecule has 7 nitrogen and oxygen atoms in total. The SMILES string of the molecule is CC(C)CC(NCc1cccc(-c2cnc(N)c(NCc3c(Cl)cccc3Cl)n2)c1)C(=O)OC1CCCC1. The Morgan fingerprint density at radius 1 is 1.11 bits per heavy atom. The second kappa shape index (κ2) is 13.3. The number of benzene rings is 2. The molecule has 4 rings (SSSR count). The van der Waals surface area contributed by atoms with E-state index in [9.17, 15) is 4.79 Å². The van der Waals surface area contributed by atoms with E-state index >= 15 is 0 Å². The number of nitrogen functional groups attached to an aromatic ring is 1. The van der Waals surface area contributed by atoms with Gasteiger partial charge in [-0.05, 0) is 61.8 Å². The lowest BCUT2D eigenvalue weighted by Crippen LogP contribution is -2.40. The smallest absolute Gasteiger partial charge is 0.323 e. The average molecular weight is 557 g/mol. The number of aromatic nitrogens is 2. The maximum atomic E-state index is 12.9. The molecular formula is C29H35Cl2N5O2. The number of hydrogen-bond acceptors (Lipinski definition) is 7. The van der Waals surface area contributed by atoms with E-state index in [0.29, 0.717) is 40.6 Å². The second-order valence-corrected chi connectivity index (χ2v) is 11.0. The first-order valence-electron chi connectivity index (χ1n) is 13.1. The highest BCUT2D eigenvalue weighted by molar-refractivity contribution is 6.36. The van der Waals surface area contributed by atoms with Crippen LogP contribution in [0.25, 0.3) is 11.3 Å². The first kappa shape index (κ1) is 28.1. The van der Waals surface area contributed by atoms with Gasteiger partial charge in [0.1, 0.15) is 12.1 Å². The minimum Gasteiger partial charge on any atom is -0.461 e. The van der Waals surface area contributed by atoms with Gasteiger partial charge in [0.2, 0.25) is 0 Å². The van der Waals surface area contributed by atoms with Crippen molar-refractivity contribution in [2.45, 2.75) is 71.2 Å². The third-order valence-electron chi connectivity index (χ3n) is 6.65. The van der Waals surface area contributed by atoms with Gasteiger partial charge in [-0.15, -0.1) is 0 Å². The zero-order valence-corrected chi connectivity index (χ0v) is 23.4. The Balaban J connectivity index is 1.44. The number of halogens is 2. The van der Waals surface area contributed by atoms with Gasteiger partial charge in [0.15, 0.2) is 11.6 Å². The summed E-state index contributed by atoms with van der Waals surface area (Å²) >= 11 is 12.6. The van der Waals surface area contributed by atoms with E-state index in [1.54, 1.807) is 24.4 Å². The maximum absolute atomic E-state index is 12.9. The lowest BCUT2D eigenvalue weighted by atomic mass is 10.0. The third kappa shape index (κ3) is 7.59. The molecule has 0 spiro atoms. The Labute approximate surface area is 234 Å². The second-order valence-electron chi connectivity index (χ2n) is 10.1. The molecule has 1 aliphatic carbocycles. The fourth-order valence-corrected chi connectivity index (χ4v) is 5.14. The van der Waals surface area contributed by atoms with Gasteiger partial charge in [-0.25, -0.2) is 9.97 Å². The molecular weight excluding hydrogens is 521 g/mol. The molecule has 1 unspecified atom stereocenters. The lowest BCUT2D eigenvalue weighted by Gasteiger charge is -2.22. The summed E-state index contributed by atoms with van der Waals surface area (Å²) in [5.74, 6) is 0.952. The molecule has 4 N–H and O–H groups in total. The van der Waals surface area contributed by atoms with Crippen LogP contribution in [0.3, 0.4) is 0 Å². The van der Waals surface area contributed by atoms with Crippen LogP contribution in [0.5, 0.6) is 0 Å². The van der Waals surface area contributed by atoms with Crippen molar-refractivity contribution in [2.75, 3.05) is 11.1 Å². The van der Waals surface area contributed by atoms with E-state index in [2.05, 4.69) is 29.5 Å². The van der Waals surface area contributed by atoms with Crippen LogP contribution in [0.15, 0.2) is 48.7 Å². The van der Waals surface area contributed by atoms with Crippen LogP contribution in [-0.4, -0.2) is 28.1 Å². The summed E-state index contributed by atoms with van der Waals surface area (Å²) in [6.07, 6.45) is 6.62. The molecule has 1 aliphatic rings. The molecule has 0 aliphatic heterocycles. The topological polar surface area (TPSA) is 102 Å². The van der Waals surface area contributed by atoms with E-state index in [1.807, 2.05) is 24.3 Å². The number of rotatable bonds is 11. The number of nitrogens with one attached hydrogen (secondary N) is 2. The number of carbonyl (C=O) groups is 1. The van der Waals surface area contributed by atoms with Crippen LogP contribution in [0.2, 0.25) is 10.0 Å². The summed E-state index contributed by atoms with van der Waals surface area (Å²) in [6.45, 7) is 5.12. The zero-order chi connectivity index (χ0) is 27.1. The molecule has 38 heavy (non-hydrogen) atoms. The van der Waals surface area contributed by atoms with Crippen molar-refractivity contribution in [2.24, 2.45) is 5.92 Å². The van der Waals surface area contributed by atoms with Crippen LogP contribution in [-0.2, 0) is 22.6 Å². The summed E-state index contributed by atoms with van der Waals surface area (Å²) < 4.78 is 5.79. The Kier molecular flexibility index (Phi) is 9.83. The summed E-state index contributed by atoms with van der Waals surface area (Å²) in [4.78, 5) is 21.9. The fraction of sp³-hybridized carbons (Fsp3) is 0.414. The lowest BCUT2D eigenvalue weighted by molar-refractivity contribution is -0.151. The minimum atomic E-state index is -0.344. The first-order valence-corrected chi connectivity index (χ1v) is 13.9. The molecule has 1 aromatic heterocycles. The monoisotopic (exact) mass is 555 g/mol. The average Bonchev–Trinajstić information content (AvgIpc) is 3.40. The van der Waals surface area contributed by atoms with Crippen LogP contribution < -0.4 is 16.4 Å². The van der Waals surface area contributed by atoms with E-state index in [0.717, 1.165) is 48.8 Å². The van der Waals surface area contributed by atoms with Gasteiger partial charge in [0.05, 0.1) is 11.9 Å². The van der Waals surface area contributed by atoms with Crippen molar-refractivity contribution < 1.29 is 9.53 Å². The minimum absolute atomic E-state index is 0.0585. The van der Waals surface area contributed by atoms with Crippen molar-refractivity contribution in [1.29, 1.82) is 0 Å². The van der Waals surface area contributed by atoms with Crippen molar-refractivity contribution in [3.63, 3.8) is 0 Å². The number of anilines is 2. The molecule has 202 valence electrons. The maximum Gasteiger partial charge on any atom is 0.323 e. The van der Waals surface area contributed by atoms with Gasteiger partial charge in [0, 0.05) is 34.3 Å². The predicted molar refractivity (Wildman–Crippen MR) is 154 cm³/mol. The quantitative estimate of drug-likeness (QED) is 0.228. The Morgan fingerprint density at radius 2 is 1.82 bits per heavy atom. The number of esters is 1.